The molecule has 0 aliphatic heterocycles. The Hall–Kier alpha value is -3.62. The average Bonchev–Trinajstić information content (AvgIpc) is 2.49. The number of benzene rings is 1. The summed E-state index contributed by atoms with van der Waals surface area (Å²) in [5.41, 5.74) is -1.33. The van der Waals surface area contributed by atoms with Gasteiger partial charge in [-0.15, -0.1) is 0 Å². The first-order valence-corrected chi connectivity index (χ1v) is 6.09. The zero-order chi connectivity index (χ0) is 17.1. The second-order valence-electron chi connectivity index (χ2n) is 4.37. The Bertz CT molecular complexity index is 817. The fraction of sp³-hybridized carbons (Fsp3) is 0. The summed E-state index contributed by atoms with van der Waals surface area (Å²) in [6.07, 6.45) is 2.29. The Morgan fingerprint density at radius 3 is 2.09 bits per heavy atom. The molecular weight excluding hydrogens is 308 g/mol. The number of carbonyl (C=O) groups is 3. The molecule has 23 heavy (non-hydrogen) atoms. The van der Waals surface area contributed by atoms with Crippen LogP contribution >= 0.6 is 0 Å². The van der Waals surface area contributed by atoms with Crippen LogP contribution in [-0.4, -0.2) is 43.3 Å². The standard InChI is InChI=1S/C14H10N2O7/c17-10-4-7(13(20)21)11(18)3-6(10)12(19)16-9-1-2-15-5-8(9)14(22)23/h1-5,17-18H,(H,20,21)(H,22,23)(H,15,16,19). The van der Waals surface area contributed by atoms with E-state index in [4.69, 9.17) is 10.2 Å². The van der Waals surface area contributed by atoms with Crippen LogP contribution in [0.4, 0.5) is 5.69 Å². The van der Waals surface area contributed by atoms with Gasteiger partial charge in [-0.25, -0.2) is 9.59 Å². The van der Waals surface area contributed by atoms with Gasteiger partial charge in [0.1, 0.15) is 22.6 Å². The van der Waals surface area contributed by atoms with Crippen molar-refractivity contribution in [3.63, 3.8) is 0 Å². The predicted molar refractivity (Wildman–Crippen MR) is 75.9 cm³/mol. The van der Waals surface area contributed by atoms with Gasteiger partial charge in [0.15, 0.2) is 0 Å². The topological polar surface area (TPSA) is 157 Å². The van der Waals surface area contributed by atoms with Crippen LogP contribution in [-0.2, 0) is 0 Å². The highest BCUT2D eigenvalue weighted by molar-refractivity contribution is 6.09. The molecule has 0 aliphatic rings. The quantitative estimate of drug-likeness (QED) is 0.525. The van der Waals surface area contributed by atoms with Gasteiger partial charge in [0, 0.05) is 12.4 Å². The molecule has 9 heteroatoms. The van der Waals surface area contributed by atoms with Crippen molar-refractivity contribution >= 4 is 23.5 Å². The number of rotatable bonds is 4. The number of aromatic nitrogens is 1. The van der Waals surface area contributed by atoms with Crippen molar-refractivity contribution in [2.75, 3.05) is 5.32 Å². The average molecular weight is 318 g/mol. The zero-order valence-corrected chi connectivity index (χ0v) is 11.3. The van der Waals surface area contributed by atoms with E-state index in [1.165, 1.54) is 12.3 Å². The molecular formula is C14H10N2O7. The Balaban J connectivity index is 2.38. The number of amides is 1. The molecule has 0 saturated carbocycles. The molecule has 0 spiro atoms. The molecule has 1 aromatic carbocycles. The third-order valence-corrected chi connectivity index (χ3v) is 2.89. The molecule has 0 bridgehead atoms. The number of carbonyl (C=O) groups excluding carboxylic acids is 1. The largest absolute Gasteiger partial charge is 0.507 e. The minimum atomic E-state index is -1.48. The molecule has 9 nitrogen and oxygen atoms in total. The van der Waals surface area contributed by atoms with Crippen molar-refractivity contribution in [3.8, 4) is 11.5 Å². The summed E-state index contributed by atoms with van der Waals surface area (Å²) < 4.78 is 0. The monoisotopic (exact) mass is 318 g/mol. The summed E-state index contributed by atoms with van der Waals surface area (Å²) in [5, 5.41) is 39.3. The molecule has 2 rings (SSSR count). The van der Waals surface area contributed by atoms with E-state index in [0.717, 1.165) is 18.3 Å². The first kappa shape index (κ1) is 15.8. The second-order valence-corrected chi connectivity index (χ2v) is 4.37. The Morgan fingerprint density at radius 1 is 0.913 bits per heavy atom. The van der Waals surface area contributed by atoms with Crippen LogP contribution in [0.3, 0.4) is 0 Å². The number of hydrogen-bond acceptors (Lipinski definition) is 6. The maximum atomic E-state index is 12.1. The number of nitrogens with one attached hydrogen (secondary N) is 1. The maximum Gasteiger partial charge on any atom is 0.339 e. The number of carboxylic acid groups (broad SMARTS) is 2. The third-order valence-electron chi connectivity index (χ3n) is 2.89. The van der Waals surface area contributed by atoms with Gasteiger partial charge < -0.3 is 25.7 Å². The lowest BCUT2D eigenvalue weighted by atomic mass is 10.1. The van der Waals surface area contributed by atoms with Crippen LogP contribution in [0.5, 0.6) is 11.5 Å². The zero-order valence-electron chi connectivity index (χ0n) is 11.3. The molecule has 5 N–H and O–H groups in total. The van der Waals surface area contributed by atoms with E-state index in [1.807, 2.05) is 0 Å². The van der Waals surface area contributed by atoms with Crippen LogP contribution in [0.2, 0.25) is 0 Å². The summed E-state index contributed by atoms with van der Waals surface area (Å²) in [5.74, 6) is -5.12. The van der Waals surface area contributed by atoms with Crippen LogP contribution in [0, 0.1) is 0 Å². The van der Waals surface area contributed by atoms with Crippen molar-refractivity contribution in [3.05, 3.63) is 47.3 Å². The molecule has 0 saturated heterocycles. The summed E-state index contributed by atoms with van der Waals surface area (Å²) in [4.78, 5) is 37.6. The van der Waals surface area contributed by atoms with Gasteiger partial charge in [0.05, 0.1) is 11.3 Å². The van der Waals surface area contributed by atoms with Gasteiger partial charge in [0.25, 0.3) is 5.91 Å². The maximum absolute atomic E-state index is 12.1. The molecule has 0 radical (unpaired) electrons. The number of aromatic carboxylic acids is 2. The van der Waals surface area contributed by atoms with Crippen molar-refractivity contribution in [1.82, 2.24) is 4.98 Å². The van der Waals surface area contributed by atoms with Crippen LogP contribution in [0.1, 0.15) is 31.1 Å². The second kappa shape index (κ2) is 6.02. The molecule has 0 unspecified atom stereocenters. The minimum Gasteiger partial charge on any atom is -0.507 e. The van der Waals surface area contributed by atoms with Gasteiger partial charge >= 0.3 is 11.9 Å². The van der Waals surface area contributed by atoms with Gasteiger partial charge in [-0.05, 0) is 18.2 Å². The van der Waals surface area contributed by atoms with Crippen molar-refractivity contribution < 1.29 is 34.8 Å². The lowest BCUT2D eigenvalue weighted by molar-refractivity contribution is 0.0683. The van der Waals surface area contributed by atoms with Crippen molar-refractivity contribution in [2.45, 2.75) is 0 Å². The predicted octanol–water partition coefficient (Wildman–Crippen LogP) is 1.14. The summed E-state index contributed by atoms with van der Waals surface area (Å²) in [7, 11) is 0. The first-order chi connectivity index (χ1) is 10.8. The Morgan fingerprint density at radius 2 is 1.48 bits per heavy atom. The lowest BCUT2D eigenvalue weighted by Crippen LogP contribution is -2.15. The van der Waals surface area contributed by atoms with E-state index < -0.39 is 40.5 Å². The highest BCUT2D eigenvalue weighted by Crippen LogP contribution is 2.28. The molecule has 0 aliphatic carbocycles. The third kappa shape index (κ3) is 3.18. The molecule has 2 aromatic rings. The number of pyridine rings is 1. The molecule has 0 atom stereocenters. The van der Waals surface area contributed by atoms with Crippen LogP contribution in [0.25, 0.3) is 0 Å². The Kier molecular flexibility index (Phi) is 4.12. The highest BCUT2D eigenvalue weighted by atomic mass is 16.4. The highest BCUT2D eigenvalue weighted by Gasteiger charge is 2.20. The van der Waals surface area contributed by atoms with Gasteiger partial charge in [-0.2, -0.15) is 0 Å². The number of anilines is 1. The minimum absolute atomic E-state index is 0.0706. The molecule has 1 heterocycles. The van der Waals surface area contributed by atoms with Crippen LogP contribution < -0.4 is 5.32 Å². The van der Waals surface area contributed by atoms with E-state index in [9.17, 15) is 24.6 Å². The Labute approximate surface area is 128 Å². The summed E-state index contributed by atoms with van der Waals surface area (Å²) >= 11 is 0. The van der Waals surface area contributed by atoms with E-state index in [1.54, 1.807) is 0 Å². The molecule has 1 aromatic heterocycles. The summed E-state index contributed by atoms with van der Waals surface area (Å²) in [6, 6.07) is 2.73. The number of aromatic hydroxyl groups is 2. The van der Waals surface area contributed by atoms with Crippen LogP contribution in [0.15, 0.2) is 30.6 Å². The first-order valence-electron chi connectivity index (χ1n) is 6.09. The van der Waals surface area contributed by atoms with E-state index >= 15 is 0 Å². The summed E-state index contributed by atoms with van der Waals surface area (Å²) in [6.45, 7) is 0. The number of phenols is 2. The lowest BCUT2D eigenvalue weighted by Gasteiger charge is -2.10. The fourth-order valence-electron chi connectivity index (χ4n) is 1.79. The van der Waals surface area contributed by atoms with E-state index in [2.05, 4.69) is 10.3 Å². The van der Waals surface area contributed by atoms with Crippen molar-refractivity contribution in [1.29, 1.82) is 0 Å². The van der Waals surface area contributed by atoms with Crippen molar-refractivity contribution in [2.24, 2.45) is 0 Å². The van der Waals surface area contributed by atoms with E-state index in [0.29, 0.717) is 0 Å². The molecule has 1 amide bonds. The fourth-order valence-corrected chi connectivity index (χ4v) is 1.79. The number of carboxylic acids is 2. The SMILES string of the molecule is O=C(O)c1cc(O)c(C(=O)Nc2ccncc2C(=O)O)cc1O. The van der Waals surface area contributed by atoms with Gasteiger partial charge in [0.2, 0.25) is 0 Å². The number of hydrogen-bond donors (Lipinski definition) is 5. The number of phenolic OH excluding ortho intramolecular Hbond substituents is 1. The molecule has 118 valence electrons. The molecule has 0 fully saturated rings. The normalized spacial score (nSPS) is 10.1. The number of nitrogens with zero attached hydrogens (tertiary/aromatic N) is 1. The smallest absolute Gasteiger partial charge is 0.339 e. The van der Waals surface area contributed by atoms with Gasteiger partial charge in [-0.3, -0.25) is 9.78 Å². The van der Waals surface area contributed by atoms with Gasteiger partial charge in [-0.1, -0.05) is 0 Å². The van der Waals surface area contributed by atoms with E-state index in [-0.39, 0.29) is 11.3 Å².